The van der Waals surface area contributed by atoms with E-state index in [0.29, 0.717) is 11.3 Å². The molecule has 0 aliphatic carbocycles. The first kappa shape index (κ1) is 14.7. The average Bonchev–Trinajstić information content (AvgIpc) is 2.30. The van der Waals surface area contributed by atoms with E-state index in [4.69, 9.17) is 10.8 Å². The number of nitrogens with one attached hydrogen (secondary N) is 1. The van der Waals surface area contributed by atoms with Crippen LogP contribution in [0.2, 0.25) is 0 Å². The van der Waals surface area contributed by atoms with Crippen LogP contribution >= 0.6 is 0 Å². The van der Waals surface area contributed by atoms with E-state index in [0.717, 1.165) is 0 Å². The fraction of sp³-hybridized carbons (Fsp3) is 0.308. The summed E-state index contributed by atoms with van der Waals surface area (Å²) >= 11 is 0. The number of carboxylic acids is 1. The van der Waals surface area contributed by atoms with Crippen LogP contribution in [0, 0.1) is 0 Å². The minimum Gasteiger partial charge on any atom is -0.481 e. The molecule has 0 saturated carbocycles. The molecular formula is C13H16N2O4. The summed E-state index contributed by atoms with van der Waals surface area (Å²) in [5.74, 6) is -1.69. The van der Waals surface area contributed by atoms with Gasteiger partial charge in [-0.2, -0.15) is 0 Å². The highest BCUT2D eigenvalue weighted by atomic mass is 16.4. The van der Waals surface area contributed by atoms with E-state index in [1.807, 2.05) is 0 Å². The van der Waals surface area contributed by atoms with E-state index in [1.54, 1.807) is 24.3 Å². The molecule has 6 nitrogen and oxygen atoms in total. The first-order valence-corrected chi connectivity index (χ1v) is 5.87. The fourth-order valence-corrected chi connectivity index (χ4v) is 1.60. The summed E-state index contributed by atoms with van der Waals surface area (Å²) in [5, 5.41) is 11.1. The van der Waals surface area contributed by atoms with Crippen LogP contribution < -0.4 is 11.1 Å². The largest absolute Gasteiger partial charge is 0.481 e. The molecule has 0 radical (unpaired) electrons. The summed E-state index contributed by atoms with van der Waals surface area (Å²) in [5.41, 5.74) is 6.29. The van der Waals surface area contributed by atoms with Crippen molar-refractivity contribution in [2.24, 2.45) is 5.73 Å². The molecule has 0 fully saturated rings. The molecular weight excluding hydrogens is 248 g/mol. The predicted octanol–water partition coefficient (Wildman–Crippen LogP) is 0.908. The van der Waals surface area contributed by atoms with Gasteiger partial charge in [0.15, 0.2) is 0 Å². The highest BCUT2D eigenvalue weighted by Gasteiger charge is 2.09. The Balaban J connectivity index is 2.58. The van der Waals surface area contributed by atoms with E-state index in [2.05, 4.69) is 5.32 Å². The number of carbonyl (C=O) groups excluding carboxylic acids is 2. The normalized spacial score (nSPS) is 9.89. The van der Waals surface area contributed by atoms with Crippen molar-refractivity contribution in [1.29, 1.82) is 0 Å². The van der Waals surface area contributed by atoms with Gasteiger partial charge in [0.1, 0.15) is 0 Å². The van der Waals surface area contributed by atoms with Gasteiger partial charge in [-0.1, -0.05) is 18.2 Å². The number of carboxylic acid groups (broad SMARTS) is 1. The first-order chi connectivity index (χ1) is 8.99. The van der Waals surface area contributed by atoms with Crippen LogP contribution in [0.15, 0.2) is 24.3 Å². The van der Waals surface area contributed by atoms with E-state index in [-0.39, 0.29) is 31.6 Å². The van der Waals surface area contributed by atoms with Gasteiger partial charge in [0.25, 0.3) is 0 Å². The quantitative estimate of drug-likeness (QED) is 0.679. The number of nitrogens with two attached hydrogens (primary N) is 1. The summed E-state index contributed by atoms with van der Waals surface area (Å²) in [6.07, 6.45) is 0.401. The molecule has 0 spiro atoms. The summed E-state index contributed by atoms with van der Waals surface area (Å²) in [6, 6.07) is 6.86. The van der Waals surface area contributed by atoms with Crippen molar-refractivity contribution in [3.8, 4) is 0 Å². The fourth-order valence-electron chi connectivity index (χ4n) is 1.60. The summed E-state index contributed by atoms with van der Waals surface area (Å²) in [7, 11) is 0. The van der Waals surface area contributed by atoms with Gasteiger partial charge in [-0.05, 0) is 18.1 Å². The SMILES string of the molecule is NC(=O)Cc1ccccc1NC(=O)CCCC(=O)O. The maximum Gasteiger partial charge on any atom is 0.303 e. The van der Waals surface area contributed by atoms with Gasteiger partial charge in [0.05, 0.1) is 6.42 Å². The molecule has 102 valence electrons. The second-order valence-electron chi connectivity index (χ2n) is 4.10. The maximum atomic E-state index is 11.6. The molecule has 0 saturated heterocycles. The molecule has 4 N–H and O–H groups in total. The van der Waals surface area contributed by atoms with Crippen LogP contribution in [0.1, 0.15) is 24.8 Å². The lowest BCUT2D eigenvalue weighted by Crippen LogP contribution is -2.17. The summed E-state index contributed by atoms with van der Waals surface area (Å²) in [6.45, 7) is 0. The Bertz CT molecular complexity index is 485. The second kappa shape index (κ2) is 7.15. The molecule has 0 bridgehead atoms. The Labute approximate surface area is 110 Å². The van der Waals surface area contributed by atoms with Crippen molar-refractivity contribution >= 4 is 23.5 Å². The number of carbonyl (C=O) groups is 3. The monoisotopic (exact) mass is 264 g/mol. The van der Waals surface area contributed by atoms with E-state index < -0.39 is 11.9 Å². The van der Waals surface area contributed by atoms with Crippen molar-refractivity contribution in [1.82, 2.24) is 0 Å². The Kier molecular flexibility index (Phi) is 5.53. The predicted molar refractivity (Wildman–Crippen MR) is 69.5 cm³/mol. The number of amides is 2. The van der Waals surface area contributed by atoms with Gasteiger partial charge in [0, 0.05) is 18.5 Å². The smallest absolute Gasteiger partial charge is 0.303 e. The lowest BCUT2D eigenvalue weighted by molar-refractivity contribution is -0.137. The first-order valence-electron chi connectivity index (χ1n) is 5.87. The van der Waals surface area contributed by atoms with Gasteiger partial charge in [-0.15, -0.1) is 0 Å². The standard InChI is InChI=1S/C13H16N2O4/c14-11(16)8-9-4-1-2-5-10(9)15-12(17)6-3-7-13(18)19/h1-2,4-5H,3,6-8H2,(H2,14,16)(H,15,17)(H,18,19). The zero-order valence-electron chi connectivity index (χ0n) is 10.4. The highest BCUT2D eigenvalue weighted by molar-refractivity contribution is 5.92. The van der Waals surface area contributed by atoms with Crippen molar-refractivity contribution in [2.45, 2.75) is 25.7 Å². The van der Waals surface area contributed by atoms with Crippen LogP contribution in [0.25, 0.3) is 0 Å². The van der Waals surface area contributed by atoms with Crippen LogP contribution in [0.3, 0.4) is 0 Å². The van der Waals surface area contributed by atoms with Crippen LogP contribution in [-0.4, -0.2) is 22.9 Å². The zero-order valence-corrected chi connectivity index (χ0v) is 10.4. The van der Waals surface area contributed by atoms with Crippen LogP contribution in [-0.2, 0) is 20.8 Å². The number of aliphatic carboxylic acids is 1. The van der Waals surface area contributed by atoms with Gasteiger partial charge in [0.2, 0.25) is 11.8 Å². The highest BCUT2D eigenvalue weighted by Crippen LogP contribution is 2.16. The van der Waals surface area contributed by atoms with E-state index >= 15 is 0 Å². The second-order valence-corrected chi connectivity index (χ2v) is 4.10. The third-order valence-electron chi connectivity index (χ3n) is 2.45. The number of benzene rings is 1. The molecule has 0 aliphatic heterocycles. The minimum absolute atomic E-state index is 0.0453. The number of hydrogen-bond donors (Lipinski definition) is 3. The Morgan fingerprint density at radius 2 is 1.84 bits per heavy atom. The van der Waals surface area contributed by atoms with Gasteiger partial charge < -0.3 is 16.2 Å². The Hall–Kier alpha value is -2.37. The summed E-state index contributed by atoms with van der Waals surface area (Å²) in [4.78, 5) is 32.8. The molecule has 1 aromatic carbocycles. The average molecular weight is 264 g/mol. The van der Waals surface area contributed by atoms with Crippen molar-refractivity contribution in [3.63, 3.8) is 0 Å². The zero-order chi connectivity index (χ0) is 14.3. The molecule has 2 amide bonds. The van der Waals surface area contributed by atoms with Crippen molar-refractivity contribution in [2.75, 3.05) is 5.32 Å². The number of rotatable bonds is 7. The topological polar surface area (TPSA) is 109 Å². The molecule has 0 heterocycles. The molecule has 19 heavy (non-hydrogen) atoms. The lowest BCUT2D eigenvalue weighted by atomic mass is 10.1. The maximum absolute atomic E-state index is 11.6. The molecule has 0 aromatic heterocycles. The third kappa shape index (κ3) is 5.67. The van der Waals surface area contributed by atoms with Crippen LogP contribution in [0.5, 0.6) is 0 Å². The van der Waals surface area contributed by atoms with Crippen molar-refractivity contribution in [3.05, 3.63) is 29.8 Å². The van der Waals surface area contributed by atoms with E-state index in [1.165, 1.54) is 0 Å². The van der Waals surface area contributed by atoms with Crippen molar-refractivity contribution < 1.29 is 19.5 Å². The number of anilines is 1. The molecule has 0 atom stereocenters. The number of primary amides is 1. The van der Waals surface area contributed by atoms with E-state index in [9.17, 15) is 14.4 Å². The molecule has 0 aliphatic rings. The van der Waals surface area contributed by atoms with Gasteiger partial charge >= 0.3 is 5.97 Å². The Morgan fingerprint density at radius 1 is 1.16 bits per heavy atom. The molecule has 1 aromatic rings. The number of para-hydroxylation sites is 1. The van der Waals surface area contributed by atoms with Gasteiger partial charge in [-0.3, -0.25) is 14.4 Å². The Morgan fingerprint density at radius 3 is 2.47 bits per heavy atom. The minimum atomic E-state index is -0.929. The summed E-state index contributed by atoms with van der Waals surface area (Å²) < 4.78 is 0. The van der Waals surface area contributed by atoms with Crippen LogP contribution in [0.4, 0.5) is 5.69 Å². The number of hydrogen-bond acceptors (Lipinski definition) is 3. The third-order valence-corrected chi connectivity index (χ3v) is 2.45. The molecule has 6 heteroatoms. The molecule has 0 unspecified atom stereocenters. The lowest BCUT2D eigenvalue weighted by Gasteiger charge is -2.09. The van der Waals surface area contributed by atoms with Gasteiger partial charge in [-0.25, -0.2) is 0 Å². The molecule has 1 rings (SSSR count).